The monoisotopic (exact) mass is 192 g/mol. The van der Waals surface area contributed by atoms with Gasteiger partial charge in [0.15, 0.2) is 0 Å². The van der Waals surface area contributed by atoms with Crippen LogP contribution >= 0.6 is 11.6 Å². The molecule has 0 amide bonds. The van der Waals surface area contributed by atoms with Gasteiger partial charge in [0.25, 0.3) is 0 Å². The molecule has 0 bridgehead atoms. The van der Waals surface area contributed by atoms with E-state index in [1.54, 1.807) is 6.92 Å². The number of carboxylic acid groups (broad SMARTS) is 1. The van der Waals surface area contributed by atoms with Crippen LogP contribution in [0.4, 0.5) is 0 Å². The number of hydrogen-bond acceptors (Lipinski definition) is 2. The molecule has 0 radical (unpaired) electrons. The number of aliphatic hydroxyl groups is 1. The maximum atomic E-state index is 9.70. The molecule has 5 heteroatoms. The summed E-state index contributed by atoms with van der Waals surface area (Å²) in [6, 6.07) is 0. The molecule has 0 aliphatic heterocycles. The second-order valence-corrected chi connectivity index (χ2v) is 1.88. The van der Waals surface area contributed by atoms with Crippen molar-refractivity contribution in [2.45, 2.75) is 19.8 Å². The Morgan fingerprint density at radius 3 is 2.00 bits per heavy atom. The van der Waals surface area contributed by atoms with Crippen LogP contribution in [0.15, 0.2) is 0 Å². The normalized spacial score (nSPS) is 7.18. The SMILES string of the molecule is CCO.O=C(O)CCCCl.[NaH]. The first-order chi connectivity index (χ1) is 4.68. The van der Waals surface area contributed by atoms with Crippen molar-refractivity contribution in [3.8, 4) is 0 Å². The Morgan fingerprint density at radius 2 is 1.91 bits per heavy atom. The number of hydrogen-bond donors (Lipinski definition) is 2. The molecular weight excluding hydrogens is 179 g/mol. The molecule has 0 unspecified atom stereocenters. The first-order valence-corrected chi connectivity index (χ1v) is 3.61. The number of aliphatic carboxylic acids is 1. The van der Waals surface area contributed by atoms with Crippen LogP contribution in [0, 0.1) is 0 Å². The average molecular weight is 193 g/mol. The van der Waals surface area contributed by atoms with Crippen LogP contribution in [0.3, 0.4) is 0 Å². The van der Waals surface area contributed by atoms with Crippen LogP contribution in [0.2, 0.25) is 0 Å². The van der Waals surface area contributed by atoms with Crippen molar-refractivity contribution in [2.24, 2.45) is 0 Å². The number of aliphatic hydroxyl groups excluding tert-OH is 1. The van der Waals surface area contributed by atoms with Gasteiger partial charge in [0.2, 0.25) is 0 Å². The van der Waals surface area contributed by atoms with Crippen LogP contribution < -0.4 is 0 Å². The zero-order valence-electron chi connectivity index (χ0n) is 6.01. The minimum absolute atomic E-state index is 0. The van der Waals surface area contributed by atoms with E-state index in [9.17, 15) is 4.79 Å². The zero-order chi connectivity index (χ0) is 8.41. The summed E-state index contributed by atoms with van der Waals surface area (Å²) in [6.45, 7) is 1.93. The van der Waals surface area contributed by atoms with Crippen molar-refractivity contribution in [1.82, 2.24) is 0 Å². The van der Waals surface area contributed by atoms with Crippen LogP contribution in [0.1, 0.15) is 19.8 Å². The third-order valence-electron chi connectivity index (χ3n) is 0.524. The summed E-state index contributed by atoms with van der Waals surface area (Å²) >= 11 is 5.18. The van der Waals surface area contributed by atoms with Gasteiger partial charge in [0.05, 0.1) is 0 Å². The molecular formula is C6H14ClNaO3. The number of halogens is 1. The number of carboxylic acids is 1. The summed E-state index contributed by atoms with van der Waals surface area (Å²) in [6.07, 6.45) is 0.750. The van der Waals surface area contributed by atoms with E-state index in [2.05, 4.69) is 0 Å². The molecule has 0 spiro atoms. The number of alkyl halides is 1. The van der Waals surface area contributed by atoms with Gasteiger partial charge in [0.1, 0.15) is 0 Å². The molecule has 0 atom stereocenters. The third kappa shape index (κ3) is 36.6. The van der Waals surface area contributed by atoms with E-state index in [-0.39, 0.29) is 42.6 Å². The Hall–Kier alpha value is 0.720. The van der Waals surface area contributed by atoms with Gasteiger partial charge >= 0.3 is 35.5 Å². The van der Waals surface area contributed by atoms with Crippen LogP contribution in [0.5, 0.6) is 0 Å². The minimum atomic E-state index is -0.777. The first-order valence-electron chi connectivity index (χ1n) is 3.07. The Bertz CT molecular complexity index is 80.2. The Balaban J connectivity index is -0.000000140. The molecule has 0 aromatic carbocycles. The Labute approximate surface area is 94.0 Å². The fourth-order valence-corrected chi connectivity index (χ4v) is 0.352. The molecule has 0 fully saturated rings. The summed E-state index contributed by atoms with van der Waals surface area (Å²) in [5.74, 6) is -0.340. The van der Waals surface area contributed by atoms with E-state index in [0.29, 0.717) is 12.3 Å². The van der Waals surface area contributed by atoms with Crippen LogP contribution in [-0.4, -0.2) is 58.2 Å². The van der Waals surface area contributed by atoms with Gasteiger partial charge in [-0.15, -0.1) is 11.6 Å². The van der Waals surface area contributed by atoms with Gasteiger partial charge in [-0.3, -0.25) is 4.79 Å². The molecule has 0 heterocycles. The quantitative estimate of drug-likeness (QED) is 0.504. The van der Waals surface area contributed by atoms with Crippen LogP contribution in [0.25, 0.3) is 0 Å². The van der Waals surface area contributed by atoms with Gasteiger partial charge < -0.3 is 10.2 Å². The fraction of sp³-hybridized carbons (Fsp3) is 0.833. The predicted molar refractivity (Wildman–Crippen MR) is 47.5 cm³/mol. The maximum absolute atomic E-state index is 9.70. The molecule has 0 saturated carbocycles. The first kappa shape index (κ1) is 17.7. The molecule has 64 valence electrons. The molecule has 0 aromatic rings. The number of rotatable bonds is 3. The van der Waals surface area contributed by atoms with Crippen molar-refractivity contribution in [2.75, 3.05) is 12.5 Å². The van der Waals surface area contributed by atoms with Gasteiger partial charge in [-0.2, -0.15) is 0 Å². The Morgan fingerprint density at radius 1 is 1.55 bits per heavy atom. The zero-order valence-corrected chi connectivity index (χ0v) is 6.76. The summed E-state index contributed by atoms with van der Waals surface area (Å²) in [7, 11) is 0. The number of carbonyl (C=O) groups is 1. The van der Waals surface area contributed by atoms with E-state index in [1.807, 2.05) is 0 Å². The summed E-state index contributed by atoms with van der Waals surface area (Å²) in [4.78, 5) is 9.70. The summed E-state index contributed by atoms with van der Waals surface area (Å²) < 4.78 is 0. The van der Waals surface area contributed by atoms with Gasteiger partial charge in [-0.1, -0.05) is 0 Å². The Kier molecular flexibility index (Phi) is 27.4. The van der Waals surface area contributed by atoms with Gasteiger partial charge in [-0.05, 0) is 13.3 Å². The van der Waals surface area contributed by atoms with Gasteiger partial charge in [0, 0.05) is 18.9 Å². The molecule has 0 aliphatic rings. The van der Waals surface area contributed by atoms with Crippen molar-refractivity contribution in [1.29, 1.82) is 0 Å². The van der Waals surface area contributed by atoms with Crippen molar-refractivity contribution < 1.29 is 15.0 Å². The molecule has 2 N–H and O–H groups in total. The molecule has 0 aromatic heterocycles. The van der Waals surface area contributed by atoms with E-state index in [0.717, 1.165) is 0 Å². The topological polar surface area (TPSA) is 57.5 Å². The molecule has 11 heavy (non-hydrogen) atoms. The van der Waals surface area contributed by atoms with Crippen LogP contribution in [-0.2, 0) is 4.79 Å². The molecule has 0 rings (SSSR count). The third-order valence-corrected chi connectivity index (χ3v) is 0.792. The molecule has 0 saturated heterocycles. The van der Waals surface area contributed by atoms with E-state index >= 15 is 0 Å². The van der Waals surface area contributed by atoms with Crippen molar-refractivity contribution >= 4 is 47.1 Å². The van der Waals surface area contributed by atoms with E-state index in [4.69, 9.17) is 21.8 Å². The fourth-order valence-electron chi connectivity index (χ4n) is 0.218. The predicted octanol–water partition coefficient (Wildman–Crippen LogP) is 0.440. The van der Waals surface area contributed by atoms with Crippen molar-refractivity contribution in [3.63, 3.8) is 0 Å². The summed E-state index contributed by atoms with van der Waals surface area (Å²) in [5.41, 5.74) is 0. The summed E-state index contributed by atoms with van der Waals surface area (Å²) in [5, 5.41) is 15.6. The second-order valence-electron chi connectivity index (χ2n) is 1.50. The molecule has 3 nitrogen and oxygen atoms in total. The van der Waals surface area contributed by atoms with Gasteiger partial charge in [-0.25, -0.2) is 0 Å². The average Bonchev–Trinajstić information content (AvgIpc) is 1.85. The van der Waals surface area contributed by atoms with E-state index in [1.165, 1.54) is 0 Å². The van der Waals surface area contributed by atoms with Crippen molar-refractivity contribution in [3.05, 3.63) is 0 Å². The molecule has 0 aliphatic carbocycles. The van der Waals surface area contributed by atoms with E-state index < -0.39 is 5.97 Å². The standard InChI is InChI=1S/C4H7ClO2.C2H6O.Na.H/c5-3-1-2-4(6)7;1-2-3;;/h1-3H2,(H,6,7);3H,2H2,1H3;;. The second kappa shape index (κ2) is 17.0.